The zero-order valence-corrected chi connectivity index (χ0v) is 16.4. The molecule has 0 unspecified atom stereocenters. The summed E-state index contributed by atoms with van der Waals surface area (Å²) in [6.07, 6.45) is -12.1. The Labute approximate surface area is 173 Å². The number of ether oxygens (including phenoxy) is 2. The number of benzene rings is 2. The van der Waals surface area contributed by atoms with Crippen LogP contribution in [0.1, 0.15) is 41.3 Å². The van der Waals surface area contributed by atoms with Crippen LogP contribution in [-0.4, -0.2) is 19.4 Å². The third kappa shape index (κ3) is 5.08. The summed E-state index contributed by atoms with van der Waals surface area (Å²) >= 11 is 5.43. The number of nitrogens with one attached hydrogen (secondary N) is 1. The predicted octanol–water partition coefficient (Wildman–Crippen LogP) is 6.14. The molecule has 0 saturated carbocycles. The molecule has 10 heteroatoms. The Morgan fingerprint density at radius 1 is 1.03 bits per heavy atom. The van der Waals surface area contributed by atoms with E-state index in [-0.39, 0.29) is 12.2 Å². The molecule has 1 aliphatic heterocycles. The average molecular weight is 454 g/mol. The van der Waals surface area contributed by atoms with Crippen LogP contribution >= 0.6 is 11.6 Å². The first-order chi connectivity index (χ1) is 14.0. The van der Waals surface area contributed by atoms with Gasteiger partial charge in [-0.05, 0) is 30.2 Å². The summed E-state index contributed by atoms with van der Waals surface area (Å²) in [4.78, 5) is 0. The standard InChI is InChI=1S/C20H18ClF6NO2/c1-11(30-18-17(28-7-8-29-18)12-5-3-2-4-6-12)13-9-14(19(22,23)24)16(21)15(10-13)20(25,26)27/h2-6,9-11,17-18,28H,7-8H2,1H3/t11-,17+,18-/m1/s1. The molecule has 0 amide bonds. The van der Waals surface area contributed by atoms with Gasteiger partial charge in [-0.3, -0.25) is 0 Å². The third-order valence-corrected chi connectivity index (χ3v) is 5.10. The summed E-state index contributed by atoms with van der Waals surface area (Å²) in [5, 5.41) is 1.81. The van der Waals surface area contributed by atoms with Crippen molar-refractivity contribution >= 4 is 11.6 Å². The number of rotatable bonds is 4. The highest BCUT2D eigenvalue weighted by molar-refractivity contribution is 6.32. The van der Waals surface area contributed by atoms with Crippen LogP contribution in [0, 0.1) is 0 Å². The van der Waals surface area contributed by atoms with Gasteiger partial charge in [-0.2, -0.15) is 26.3 Å². The molecule has 0 spiro atoms. The second-order valence-electron chi connectivity index (χ2n) is 6.79. The molecule has 30 heavy (non-hydrogen) atoms. The lowest BCUT2D eigenvalue weighted by Crippen LogP contribution is -2.43. The zero-order valence-electron chi connectivity index (χ0n) is 15.6. The Kier molecular flexibility index (Phi) is 6.66. The maximum atomic E-state index is 13.3. The highest BCUT2D eigenvalue weighted by Gasteiger charge is 2.41. The lowest BCUT2D eigenvalue weighted by Gasteiger charge is -2.35. The van der Waals surface area contributed by atoms with Crippen molar-refractivity contribution < 1.29 is 35.8 Å². The van der Waals surface area contributed by atoms with Gasteiger partial charge in [0, 0.05) is 6.54 Å². The summed E-state index contributed by atoms with van der Waals surface area (Å²) in [6.45, 7) is 2.16. The van der Waals surface area contributed by atoms with Crippen molar-refractivity contribution in [2.75, 3.05) is 13.2 Å². The molecule has 2 aromatic rings. The van der Waals surface area contributed by atoms with Gasteiger partial charge in [-0.15, -0.1) is 0 Å². The summed E-state index contributed by atoms with van der Waals surface area (Å²) in [7, 11) is 0. The van der Waals surface area contributed by atoms with E-state index in [0.717, 1.165) is 5.56 Å². The first-order valence-corrected chi connectivity index (χ1v) is 9.39. The van der Waals surface area contributed by atoms with E-state index in [0.29, 0.717) is 18.7 Å². The van der Waals surface area contributed by atoms with E-state index in [1.54, 1.807) is 12.1 Å². The normalized spacial score (nSPS) is 21.5. The predicted molar refractivity (Wildman–Crippen MR) is 97.9 cm³/mol. The number of hydrogen-bond donors (Lipinski definition) is 1. The summed E-state index contributed by atoms with van der Waals surface area (Å²) < 4.78 is 91.0. The van der Waals surface area contributed by atoms with Gasteiger partial charge in [-0.1, -0.05) is 41.9 Å². The van der Waals surface area contributed by atoms with Gasteiger partial charge in [0.15, 0.2) is 6.29 Å². The summed E-state index contributed by atoms with van der Waals surface area (Å²) in [5.41, 5.74) is -2.61. The second-order valence-corrected chi connectivity index (χ2v) is 7.16. The maximum Gasteiger partial charge on any atom is 0.417 e. The Morgan fingerprint density at radius 2 is 1.60 bits per heavy atom. The fourth-order valence-corrected chi connectivity index (χ4v) is 3.53. The Hall–Kier alpha value is -1.81. The molecular formula is C20H18ClF6NO2. The monoisotopic (exact) mass is 453 g/mol. The van der Waals surface area contributed by atoms with Gasteiger partial charge in [0.05, 0.1) is 34.9 Å². The van der Waals surface area contributed by atoms with Crippen LogP contribution in [0.4, 0.5) is 26.3 Å². The third-order valence-electron chi connectivity index (χ3n) is 4.69. The van der Waals surface area contributed by atoms with Crippen molar-refractivity contribution in [1.82, 2.24) is 5.32 Å². The molecule has 0 bridgehead atoms. The minimum atomic E-state index is -5.05. The van der Waals surface area contributed by atoms with E-state index < -0.39 is 46.9 Å². The second kappa shape index (κ2) is 8.74. The molecule has 1 fully saturated rings. The molecule has 1 heterocycles. The maximum absolute atomic E-state index is 13.3. The Morgan fingerprint density at radius 3 is 2.13 bits per heavy atom. The van der Waals surface area contributed by atoms with Crippen molar-refractivity contribution in [3.63, 3.8) is 0 Å². The highest BCUT2D eigenvalue weighted by Crippen LogP contribution is 2.44. The van der Waals surface area contributed by atoms with E-state index in [4.69, 9.17) is 21.1 Å². The fourth-order valence-electron chi connectivity index (χ4n) is 3.21. The number of morpholine rings is 1. The van der Waals surface area contributed by atoms with Crippen LogP contribution < -0.4 is 5.32 Å². The van der Waals surface area contributed by atoms with E-state index >= 15 is 0 Å². The lowest BCUT2D eigenvalue weighted by molar-refractivity contribution is -0.200. The number of hydrogen-bond acceptors (Lipinski definition) is 3. The van der Waals surface area contributed by atoms with E-state index in [1.807, 2.05) is 18.2 Å². The molecule has 1 saturated heterocycles. The summed E-state index contributed by atoms with van der Waals surface area (Å²) in [6, 6.07) is 9.78. The molecule has 1 N–H and O–H groups in total. The minimum Gasteiger partial charge on any atom is -0.349 e. The van der Waals surface area contributed by atoms with Crippen LogP contribution in [0.5, 0.6) is 0 Å². The highest BCUT2D eigenvalue weighted by atomic mass is 35.5. The van der Waals surface area contributed by atoms with Crippen molar-refractivity contribution in [1.29, 1.82) is 0 Å². The molecule has 3 nitrogen and oxygen atoms in total. The van der Waals surface area contributed by atoms with Gasteiger partial charge in [0.25, 0.3) is 0 Å². The quantitative estimate of drug-likeness (QED) is 0.564. The van der Waals surface area contributed by atoms with Gasteiger partial charge in [0.1, 0.15) is 0 Å². The summed E-state index contributed by atoms with van der Waals surface area (Å²) in [5.74, 6) is 0. The minimum absolute atomic E-state index is 0.281. The average Bonchev–Trinajstić information content (AvgIpc) is 2.67. The topological polar surface area (TPSA) is 30.5 Å². The SMILES string of the molecule is C[C@@H](O[C@H]1OCCN[C@H]1c1ccccc1)c1cc(C(F)(F)F)c(Cl)c(C(F)(F)F)c1. The van der Waals surface area contributed by atoms with Crippen molar-refractivity contribution in [3.8, 4) is 0 Å². The zero-order chi connectivity index (χ0) is 22.1. The lowest BCUT2D eigenvalue weighted by atomic mass is 10.0. The van der Waals surface area contributed by atoms with Crippen LogP contribution in [0.2, 0.25) is 5.02 Å². The molecule has 0 radical (unpaired) electrons. The van der Waals surface area contributed by atoms with Crippen LogP contribution in [0.3, 0.4) is 0 Å². The van der Waals surface area contributed by atoms with Gasteiger partial charge in [-0.25, -0.2) is 0 Å². The van der Waals surface area contributed by atoms with Crippen molar-refractivity contribution in [2.24, 2.45) is 0 Å². The van der Waals surface area contributed by atoms with Crippen molar-refractivity contribution in [2.45, 2.75) is 37.7 Å². The smallest absolute Gasteiger partial charge is 0.349 e. The van der Waals surface area contributed by atoms with Crippen LogP contribution in [-0.2, 0) is 21.8 Å². The van der Waals surface area contributed by atoms with E-state index in [1.165, 1.54) is 6.92 Å². The number of alkyl halides is 6. The molecule has 0 aromatic heterocycles. The Bertz CT molecular complexity index is 837. The van der Waals surface area contributed by atoms with E-state index in [9.17, 15) is 26.3 Å². The van der Waals surface area contributed by atoms with Crippen LogP contribution in [0.25, 0.3) is 0 Å². The number of halogens is 7. The molecule has 164 valence electrons. The van der Waals surface area contributed by atoms with Crippen LogP contribution in [0.15, 0.2) is 42.5 Å². The first-order valence-electron chi connectivity index (χ1n) is 9.01. The van der Waals surface area contributed by atoms with Gasteiger partial charge >= 0.3 is 12.4 Å². The molecule has 3 atom stereocenters. The molecule has 0 aliphatic carbocycles. The van der Waals surface area contributed by atoms with E-state index in [2.05, 4.69) is 5.32 Å². The van der Waals surface area contributed by atoms with Gasteiger partial charge in [0.2, 0.25) is 0 Å². The molecule has 1 aliphatic rings. The van der Waals surface area contributed by atoms with Gasteiger partial charge < -0.3 is 14.8 Å². The molecular weight excluding hydrogens is 436 g/mol. The largest absolute Gasteiger partial charge is 0.417 e. The van der Waals surface area contributed by atoms with Crippen molar-refractivity contribution in [3.05, 3.63) is 69.7 Å². The fraction of sp³-hybridized carbons (Fsp3) is 0.400. The molecule has 3 rings (SSSR count). The molecule has 2 aromatic carbocycles. The Balaban J connectivity index is 1.93. The first kappa shape index (κ1) is 22.9.